The Morgan fingerprint density at radius 3 is 2.33 bits per heavy atom. The second-order valence-corrected chi connectivity index (χ2v) is 12.1. The number of carbonyl (C=O) groups excluding carboxylic acids is 1. The summed E-state index contributed by atoms with van der Waals surface area (Å²) in [4.78, 5) is 10.6. The molecule has 0 aromatic carbocycles. The van der Waals surface area contributed by atoms with Crippen molar-refractivity contribution in [3.63, 3.8) is 0 Å². The first-order valence-corrected chi connectivity index (χ1v) is 9.52. The third-order valence-corrected chi connectivity index (χ3v) is 4.29. The van der Waals surface area contributed by atoms with Crippen molar-refractivity contribution in [1.82, 2.24) is 0 Å². The molecule has 0 aliphatic heterocycles. The molecule has 15 heavy (non-hydrogen) atoms. The fourth-order valence-corrected chi connectivity index (χ4v) is 2.91. The second kappa shape index (κ2) is 5.75. The Labute approximate surface area is 98.0 Å². The molecule has 0 aromatic rings. The van der Waals surface area contributed by atoms with Gasteiger partial charge < -0.3 is 10.5 Å². The number of rotatable bonds is 6. The fourth-order valence-electron chi connectivity index (χ4n) is 1.42. The van der Waals surface area contributed by atoms with Crippen molar-refractivity contribution < 1.29 is 9.53 Å². The zero-order valence-electron chi connectivity index (χ0n) is 10.1. The summed E-state index contributed by atoms with van der Waals surface area (Å²) < 4.78 is 4.99. The van der Waals surface area contributed by atoms with E-state index in [1.54, 1.807) is 0 Å². The van der Waals surface area contributed by atoms with E-state index in [9.17, 15) is 4.79 Å². The molecule has 0 aromatic heterocycles. The minimum atomic E-state index is -1.45. The maximum absolute atomic E-state index is 10.6. The van der Waals surface area contributed by atoms with Gasteiger partial charge in [0.1, 0.15) is 13.0 Å². The molecule has 0 aliphatic rings. The first-order valence-electron chi connectivity index (χ1n) is 5.30. The molecule has 0 bridgehead atoms. The molecule has 3 nitrogen and oxygen atoms in total. The molecule has 0 heterocycles. The summed E-state index contributed by atoms with van der Waals surface area (Å²) in [7, 11) is -1.45. The largest absolute Gasteiger partial charge is 0.444 e. The van der Waals surface area contributed by atoms with Gasteiger partial charge in [0.25, 0.3) is 0 Å². The molecule has 0 saturated carbocycles. The Morgan fingerprint density at radius 2 is 1.93 bits per heavy atom. The number of unbranched alkanes of at least 4 members (excludes halogenated alkanes) is 1. The van der Waals surface area contributed by atoms with Crippen LogP contribution in [0, 0.1) is 0 Å². The number of hydrogen-bond acceptors (Lipinski definition) is 2. The molecule has 0 radical (unpaired) electrons. The van der Waals surface area contributed by atoms with E-state index in [0.717, 1.165) is 25.3 Å². The topological polar surface area (TPSA) is 52.3 Å². The normalized spacial score (nSPS) is 12.6. The Hall–Kier alpha value is -0.223. The zero-order valence-corrected chi connectivity index (χ0v) is 11.9. The summed E-state index contributed by atoms with van der Waals surface area (Å²) in [6.07, 6.45) is 2.24. The predicted molar refractivity (Wildman–Crippen MR) is 66.7 cm³/mol. The molecule has 0 rings (SSSR count). The zero-order chi connectivity index (χ0) is 12.1. The van der Waals surface area contributed by atoms with E-state index >= 15 is 0 Å². The average Bonchev–Trinajstić information content (AvgIpc) is 1.93. The summed E-state index contributed by atoms with van der Waals surface area (Å²) in [6.45, 7) is 8.03. The number of primary amides is 1. The van der Waals surface area contributed by atoms with Crippen molar-refractivity contribution in [1.29, 1.82) is 0 Å². The lowest BCUT2D eigenvalue weighted by Gasteiger charge is -2.24. The van der Waals surface area contributed by atoms with Crippen molar-refractivity contribution in [2.75, 3.05) is 0 Å². The minimum absolute atomic E-state index is 0.455. The van der Waals surface area contributed by atoms with Crippen LogP contribution >= 0.6 is 11.1 Å². The van der Waals surface area contributed by atoms with Crippen LogP contribution in [0.3, 0.4) is 0 Å². The number of nitrogens with two attached hydrogens (primary N) is 1. The van der Waals surface area contributed by atoms with Gasteiger partial charge in [-0.3, -0.25) is 0 Å². The molecule has 0 aliphatic carbocycles. The van der Waals surface area contributed by atoms with Gasteiger partial charge in [0.2, 0.25) is 0 Å². The number of carbonyl (C=O) groups is 1. The Balaban J connectivity index is 3.71. The van der Waals surface area contributed by atoms with E-state index in [4.69, 9.17) is 21.5 Å². The molecule has 0 spiro atoms. The van der Waals surface area contributed by atoms with Crippen LogP contribution in [0.1, 0.15) is 33.1 Å². The lowest BCUT2D eigenvalue weighted by Crippen LogP contribution is -2.31. The highest BCUT2D eigenvalue weighted by molar-refractivity contribution is 7.19. The summed E-state index contributed by atoms with van der Waals surface area (Å²) in [5, 5.41) is 0. The van der Waals surface area contributed by atoms with Crippen LogP contribution < -0.4 is 5.73 Å². The van der Waals surface area contributed by atoms with Crippen LogP contribution in [0.2, 0.25) is 19.1 Å². The highest BCUT2D eigenvalue weighted by Gasteiger charge is 2.22. The standard InChI is InChI=1S/C10H22ClNO2Si/c1-10(2,14-9(12)13)7-5-6-8-15(3,4)11/h5-8H2,1-4H3,(H2,12,13). The monoisotopic (exact) mass is 251 g/mol. The highest BCUT2D eigenvalue weighted by atomic mass is 35.6. The molecular formula is C10H22ClNO2Si. The Kier molecular flexibility index (Phi) is 5.66. The van der Waals surface area contributed by atoms with Gasteiger partial charge in [-0.25, -0.2) is 4.79 Å². The van der Waals surface area contributed by atoms with Gasteiger partial charge in [-0.2, -0.15) is 11.1 Å². The molecule has 0 fully saturated rings. The van der Waals surface area contributed by atoms with Crippen molar-refractivity contribution in [3.05, 3.63) is 0 Å². The second-order valence-electron chi connectivity index (χ2n) is 5.11. The van der Waals surface area contributed by atoms with Crippen LogP contribution in [0.5, 0.6) is 0 Å². The van der Waals surface area contributed by atoms with Gasteiger partial charge >= 0.3 is 6.09 Å². The van der Waals surface area contributed by atoms with Crippen LogP contribution in [-0.4, -0.2) is 19.1 Å². The quantitative estimate of drug-likeness (QED) is 0.446. The third kappa shape index (κ3) is 10.1. The van der Waals surface area contributed by atoms with Gasteiger partial charge in [-0.05, 0) is 32.7 Å². The van der Waals surface area contributed by atoms with Gasteiger partial charge in [-0.15, -0.1) is 0 Å². The minimum Gasteiger partial charge on any atom is -0.444 e. The molecule has 0 atom stereocenters. The first-order chi connectivity index (χ1) is 6.62. The number of ether oxygens (including phenoxy) is 1. The molecule has 90 valence electrons. The van der Waals surface area contributed by atoms with Crippen LogP contribution in [0.25, 0.3) is 0 Å². The molecule has 5 heteroatoms. The van der Waals surface area contributed by atoms with E-state index in [1.807, 2.05) is 13.8 Å². The molecule has 0 saturated heterocycles. The lowest BCUT2D eigenvalue weighted by molar-refractivity contribution is 0.0375. The molecular weight excluding hydrogens is 230 g/mol. The summed E-state index contributed by atoms with van der Waals surface area (Å²) in [5.74, 6) is 0. The highest BCUT2D eigenvalue weighted by Crippen LogP contribution is 2.22. The van der Waals surface area contributed by atoms with E-state index in [2.05, 4.69) is 13.1 Å². The SMILES string of the molecule is CC(C)(CCCC[Si](C)(C)Cl)OC(N)=O. The maximum atomic E-state index is 10.6. The summed E-state index contributed by atoms with van der Waals surface area (Å²) in [5.41, 5.74) is 4.52. The lowest BCUT2D eigenvalue weighted by atomic mass is 10.0. The van der Waals surface area contributed by atoms with Crippen LogP contribution in [0.15, 0.2) is 0 Å². The molecule has 0 unspecified atom stereocenters. The van der Waals surface area contributed by atoms with Crippen molar-refractivity contribution in [2.24, 2.45) is 5.73 Å². The summed E-state index contributed by atoms with van der Waals surface area (Å²) >= 11 is 6.20. The number of hydrogen-bond donors (Lipinski definition) is 1. The van der Waals surface area contributed by atoms with Gasteiger partial charge in [-0.1, -0.05) is 19.5 Å². The van der Waals surface area contributed by atoms with E-state index in [1.165, 1.54) is 0 Å². The van der Waals surface area contributed by atoms with E-state index in [-0.39, 0.29) is 0 Å². The van der Waals surface area contributed by atoms with E-state index < -0.39 is 19.1 Å². The first kappa shape index (κ1) is 14.8. The molecule has 1 amide bonds. The van der Waals surface area contributed by atoms with Crippen LogP contribution in [0.4, 0.5) is 4.79 Å². The number of halogens is 1. The van der Waals surface area contributed by atoms with Crippen molar-refractivity contribution in [2.45, 2.75) is 57.8 Å². The van der Waals surface area contributed by atoms with E-state index in [0.29, 0.717) is 0 Å². The van der Waals surface area contributed by atoms with Crippen LogP contribution in [-0.2, 0) is 4.74 Å². The van der Waals surface area contributed by atoms with Crippen molar-refractivity contribution >= 4 is 24.6 Å². The van der Waals surface area contributed by atoms with Gasteiger partial charge in [0, 0.05) is 0 Å². The molecule has 2 N–H and O–H groups in total. The predicted octanol–water partition coefficient (Wildman–Crippen LogP) is 3.47. The average molecular weight is 252 g/mol. The maximum Gasteiger partial charge on any atom is 0.405 e. The third-order valence-electron chi connectivity index (χ3n) is 2.18. The summed E-state index contributed by atoms with van der Waals surface area (Å²) in [6, 6.07) is 1.10. The fraction of sp³-hybridized carbons (Fsp3) is 0.900. The Morgan fingerprint density at radius 1 is 1.40 bits per heavy atom. The van der Waals surface area contributed by atoms with Gasteiger partial charge in [0.15, 0.2) is 0 Å². The van der Waals surface area contributed by atoms with Gasteiger partial charge in [0.05, 0.1) is 0 Å². The smallest absolute Gasteiger partial charge is 0.405 e. The number of amides is 1. The Bertz CT molecular complexity index is 214. The van der Waals surface area contributed by atoms with Crippen molar-refractivity contribution in [3.8, 4) is 0 Å².